The van der Waals surface area contributed by atoms with Crippen LogP contribution in [0.15, 0.2) is 24.3 Å². The molecule has 1 unspecified atom stereocenters. The van der Waals surface area contributed by atoms with Crippen molar-refractivity contribution in [3.8, 4) is 0 Å². The minimum atomic E-state index is -0.757. The van der Waals surface area contributed by atoms with Crippen LogP contribution in [0.5, 0.6) is 0 Å². The molecule has 0 aromatic rings. The van der Waals surface area contributed by atoms with E-state index >= 15 is 0 Å². The Balaban J connectivity index is 2.47. The summed E-state index contributed by atoms with van der Waals surface area (Å²) in [7, 11) is 1.71. The third-order valence-corrected chi connectivity index (χ3v) is 5.31. The summed E-state index contributed by atoms with van der Waals surface area (Å²) >= 11 is 0. The van der Waals surface area contributed by atoms with E-state index in [-0.39, 0.29) is 30.7 Å². The van der Waals surface area contributed by atoms with Gasteiger partial charge in [-0.05, 0) is 51.4 Å². The van der Waals surface area contributed by atoms with Crippen LogP contribution in [0.4, 0.5) is 0 Å². The maximum atomic E-state index is 10.5. The van der Waals surface area contributed by atoms with Crippen molar-refractivity contribution in [2.45, 2.75) is 82.3 Å². The third-order valence-electron chi connectivity index (χ3n) is 5.31. The topological polar surface area (TPSA) is 87.0 Å². The van der Waals surface area contributed by atoms with Gasteiger partial charge in [0.1, 0.15) is 0 Å². The smallest absolute Gasteiger partial charge is 0.303 e. The molecule has 1 aliphatic carbocycles. The minimum Gasteiger partial charge on any atom is -0.481 e. The molecule has 26 heavy (non-hydrogen) atoms. The molecule has 0 aromatic heterocycles. The summed E-state index contributed by atoms with van der Waals surface area (Å²) in [4.78, 5) is 10.5. The third kappa shape index (κ3) is 8.02. The lowest BCUT2D eigenvalue weighted by molar-refractivity contribution is -0.137. The summed E-state index contributed by atoms with van der Waals surface area (Å²) in [6.07, 6.45) is 17.0. The Morgan fingerprint density at radius 3 is 2.54 bits per heavy atom. The maximum Gasteiger partial charge on any atom is 0.303 e. The Kier molecular flexibility index (Phi) is 11.5. The second kappa shape index (κ2) is 13.1. The molecular formula is C21H36O5. The summed E-state index contributed by atoms with van der Waals surface area (Å²) in [5, 5.41) is 27.8. The fourth-order valence-corrected chi connectivity index (χ4v) is 3.69. The first kappa shape index (κ1) is 22.9. The molecule has 0 aromatic carbocycles. The fourth-order valence-electron chi connectivity index (χ4n) is 3.69. The Labute approximate surface area is 157 Å². The predicted molar refractivity (Wildman–Crippen MR) is 103 cm³/mol. The molecule has 150 valence electrons. The van der Waals surface area contributed by atoms with E-state index < -0.39 is 5.97 Å². The van der Waals surface area contributed by atoms with Crippen molar-refractivity contribution in [1.82, 2.24) is 0 Å². The SMILES string of the molecule is COC1(CC=CCCCC(=O)O)CC[C@@H](O)[C@@H]1C=CCCCCCCO. The van der Waals surface area contributed by atoms with Crippen LogP contribution in [0.3, 0.4) is 0 Å². The molecule has 1 rings (SSSR count). The zero-order valence-corrected chi connectivity index (χ0v) is 16.1. The monoisotopic (exact) mass is 368 g/mol. The molecule has 1 saturated carbocycles. The van der Waals surface area contributed by atoms with Crippen molar-refractivity contribution in [2.24, 2.45) is 5.92 Å². The number of methoxy groups -OCH3 is 1. The number of hydrogen-bond donors (Lipinski definition) is 3. The number of unbranched alkanes of at least 4 members (excludes halogenated alkanes) is 5. The number of rotatable bonds is 14. The lowest BCUT2D eigenvalue weighted by atomic mass is 9.85. The first-order valence-electron chi connectivity index (χ1n) is 9.93. The maximum absolute atomic E-state index is 10.5. The van der Waals surface area contributed by atoms with Crippen LogP contribution >= 0.6 is 0 Å². The van der Waals surface area contributed by atoms with E-state index in [9.17, 15) is 9.90 Å². The van der Waals surface area contributed by atoms with Gasteiger partial charge in [0, 0.05) is 26.1 Å². The predicted octanol–water partition coefficient (Wildman–Crippen LogP) is 3.84. The second-order valence-corrected chi connectivity index (χ2v) is 7.22. The highest BCUT2D eigenvalue weighted by Crippen LogP contribution is 2.42. The van der Waals surface area contributed by atoms with E-state index in [1.54, 1.807) is 7.11 Å². The lowest BCUT2D eigenvalue weighted by Crippen LogP contribution is -2.37. The first-order chi connectivity index (χ1) is 12.6. The molecule has 0 heterocycles. The zero-order valence-electron chi connectivity index (χ0n) is 16.1. The molecule has 1 fully saturated rings. The standard InChI is InChI=1S/C21H36O5/c1-26-21(15-10-6-5-9-13-20(24)25)16-14-19(23)18(21)12-8-4-2-3-7-11-17-22/h6,8,10,12,18-19,22-23H,2-5,7,9,11,13-17H2,1H3,(H,24,25)/t18-,19+,21?/m0/s1. The van der Waals surface area contributed by atoms with Gasteiger partial charge in [0.2, 0.25) is 0 Å². The van der Waals surface area contributed by atoms with E-state index in [1.807, 2.05) is 6.08 Å². The van der Waals surface area contributed by atoms with Crippen molar-refractivity contribution in [3.63, 3.8) is 0 Å². The Bertz CT molecular complexity index is 446. The summed E-state index contributed by atoms with van der Waals surface area (Å²) in [6, 6.07) is 0. The molecule has 3 atom stereocenters. The van der Waals surface area contributed by atoms with Crippen molar-refractivity contribution in [1.29, 1.82) is 0 Å². The van der Waals surface area contributed by atoms with E-state index in [0.29, 0.717) is 6.42 Å². The van der Waals surface area contributed by atoms with Gasteiger partial charge in [-0.25, -0.2) is 0 Å². The first-order valence-corrected chi connectivity index (χ1v) is 9.93. The van der Waals surface area contributed by atoms with E-state index in [1.165, 1.54) is 0 Å². The van der Waals surface area contributed by atoms with Crippen molar-refractivity contribution in [3.05, 3.63) is 24.3 Å². The Hall–Kier alpha value is -1.17. The van der Waals surface area contributed by atoms with Gasteiger partial charge in [-0.1, -0.05) is 37.1 Å². The Morgan fingerprint density at radius 1 is 1.12 bits per heavy atom. The number of ether oxygens (including phenoxy) is 1. The number of aliphatic hydroxyl groups excluding tert-OH is 2. The molecule has 5 heteroatoms. The van der Waals surface area contributed by atoms with Gasteiger partial charge in [0.25, 0.3) is 0 Å². The van der Waals surface area contributed by atoms with Crippen molar-refractivity contribution >= 4 is 5.97 Å². The molecule has 3 N–H and O–H groups in total. The van der Waals surface area contributed by atoms with Gasteiger partial charge in [-0.3, -0.25) is 4.79 Å². The summed E-state index contributed by atoms with van der Waals surface area (Å²) in [5.41, 5.74) is -0.365. The average molecular weight is 369 g/mol. The highest BCUT2D eigenvalue weighted by atomic mass is 16.5. The highest BCUT2D eigenvalue weighted by Gasteiger charge is 2.46. The molecule has 0 spiro atoms. The second-order valence-electron chi connectivity index (χ2n) is 7.22. The highest BCUT2D eigenvalue weighted by molar-refractivity contribution is 5.66. The molecule has 0 aliphatic heterocycles. The molecule has 0 radical (unpaired) electrons. The van der Waals surface area contributed by atoms with Gasteiger partial charge in [0.15, 0.2) is 0 Å². The van der Waals surface area contributed by atoms with Crippen LogP contribution < -0.4 is 0 Å². The summed E-state index contributed by atoms with van der Waals surface area (Å²) < 4.78 is 5.85. The lowest BCUT2D eigenvalue weighted by Gasteiger charge is -2.33. The molecule has 0 bridgehead atoms. The van der Waals surface area contributed by atoms with Gasteiger partial charge < -0.3 is 20.1 Å². The Morgan fingerprint density at radius 2 is 1.85 bits per heavy atom. The van der Waals surface area contributed by atoms with Crippen LogP contribution in [0, 0.1) is 5.92 Å². The number of carbonyl (C=O) groups is 1. The van der Waals surface area contributed by atoms with Crippen LogP contribution in [0.25, 0.3) is 0 Å². The molecule has 5 nitrogen and oxygen atoms in total. The number of aliphatic carboxylic acids is 1. The minimum absolute atomic E-state index is 0.00592. The van der Waals surface area contributed by atoms with Crippen LogP contribution in [0.2, 0.25) is 0 Å². The molecular weight excluding hydrogens is 332 g/mol. The van der Waals surface area contributed by atoms with Crippen LogP contribution in [-0.4, -0.2) is 46.7 Å². The van der Waals surface area contributed by atoms with Gasteiger partial charge in [0.05, 0.1) is 11.7 Å². The largest absolute Gasteiger partial charge is 0.481 e. The quantitative estimate of drug-likeness (QED) is 0.320. The van der Waals surface area contributed by atoms with Gasteiger partial charge >= 0.3 is 5.97 Å². The number of aliphatic hydroxyl groups is 2. The van der Waals surface area contributed by atoms with Crippen molar-refractivity contribution < 1.29 is 24.9 Å². The number of carboxylic acid groups (broad SMARTS) is 1. The normalized spacial score (nSPS) is 26.3. The van der Waals surface area contributed by atoms with Gasteiger partial charge in [-0.15, -0.1) is 0 Å². The van der Waals surface area contributed by atoms with E-state index in [0.717, 1.165) is 57.8 Å². The average Bonchev–Trinajstić information content (AvgIpc) is 2.93. The van der Waals surface area contributed by atoms with Crippen LogP contribution in [-0.2, 0) is 9.53 Å². The summed E-state index contributed by atoms with van der Waals surface area (Å²) in [6.45, 7) is 0.268. The zero-order chi connectivity index (χ0) is 19.3. The number of allylic oxidation sites excluding steroid dienone is 2. The van der Waals surface area contributed by atoms with Gasteiger partial charge in [-0.2, -0.15) is 0 Å². The van der Waals surface area contributed by atoms with Crippen molar-refractivity contribution in [2.75, 3.05) is 13.7 Å². The van der Waals surface area contributed by atoms with E-state index in [2.05, 4.69) is 18.2 Å². The fraction of sp³-hybridized carbons (Fsp3) is 0.762. The number of carboxylic acids is 1. The molecule has 1 aliphatic rings. The molecule has 0 amide bonds. The van der Waals surface area contributed by atoms with Crippen LogP contribution in [0.1, 0.15) is 70.6 Å². The van der Waals surface area contributed by atoms with E-state index in [4.69, 9.17) is 14.9 Å². The molecule has 0 saturated heterocycles. The summed E-state index contributed by atoms with van der Waals surface area (Å²) in [5.74, 6) is -0.763. The number of hydrogen-bond acceptors (Lipinski definition) is 4.